The van der Waals surface area contributed by atoms with Crippen molar-refractivity contribution < 1.29 is 22.0 Å². The minimum atomic E-state index is -4.48. The maximum absolute atomic E-state index is 14.6. The Bertz CT molecular complexity index is 822. The number of hydrogen-bond donors (Lipinski definition) is 0. The summed E-state index contributed by atoms with van der Waals surface area (Å²) in [4.78, 5) is 0. The topological polar surface area (TPSA) is 0 Å². The maximum atomic E-state index is 14.6. The van der Waals surface area contributed by atoms with Gasteiger partial charge in [0.1, 0.15) is 11.6 Å². The molecule has 176 valence electrons. The molecule has 2 aromatic rings. The summed E-state index contributed by atoms with van der Waals surface area (Å²) in [6.45, 7) is 2.23. The molecule has 0 radical (unpaired) electrons. The minimum Gasteiger partial charge on any atom is -0.206 e. The van der Waals surface area contributed by atoms with Gasteiger partial charge in [0.05, 0.1) is 11.1 Å². The van der Waals surface area contributed by atoms with E-state index in [4.69, 9.17) is 0 Å². The molecule has 1 aliphatic carbocycles. The van der Waals surface area contributed by atoms with E-state index < -0.39 is 23.4 Å². The van der Waals surface area contributed by atoms with E-state index in [1.54, 1.807) is 0 Å². The lowest BCUT2D eigenvalue weighted by atomic mass is 9.78. The summed E-state index contributed by atoms with van der Waals surface area (Å²) in [5, 5.41) is 0. The van der Waals surface area contributed by atoms with Gasteiger partial charge in [0.2, 0.25) is 0 Å². The molecule has 32 heavy (non-hydrogen) atoms. The predicted octanol–water partition coefficient (Wildman–Crippen LogP) is 9.36. The molecule has 0 atom stereocenters. The summed E-state index contributed by atoms with van der Waals surface area (Å²) < 4.78 is 67.4. The minimum absolute atomic E-state index is 0.107. The zero-order valence-corrected chi connectivity index (χ0v) is 18.8. The molecule has 0 bridgehead atoms. The normalized spacial score (nSPS) is 19.3. The van der Waals surface area contributed by atoms with Crippen LogP contribution < -0.4 is 0 Å². The second-order valence-electron chi connectivity index (χ2n) is 9.28. The van der Waals surface area contributed by atoms with E-state index in [0.29, 0.717) is 17.9 Å². The van der Waals surface area contributed by atoms with Crippen molar-refractivity contribution in [2.24, 2.45) is 11.8 Å². The van der Waals surface area contributed by atoms with E-state index in [2.05, 4.69) is 6.92 Å². The van der Waals surface area contributed by atoms with Gasteiger partial charge in [0.15, 0.2) is 0 Å². The fraction of sp³-hybridized carbons (Fsp3) is 0.556. The Hall–Kier alpha value is -1.91. The molecule has 0 aliphatic heterocycles. The molecular formula is C27H33F5. The molecule has 0 nitrogen and oxygen atoms in total. The second-order valence-corrected chi connectivity index (χ2v) is 9.28. The second kappa shape index (κ2) is 11.3. The van der Waals surface area contributed by atoms with E-state index in [1.807, 2.05) is 0 Å². The largest absolute Gasteiger partial charge is 0.416 e. The Morgan fingerprint density at radius 3 is 1.81 bits per heavy atom. The number of halogens is 5. The highest BCUT2D eigenvalue weighted by Gasteiger charge is 2.30. The molecule has 1 fully saturated rings. The molecule has 1 aliphatic rings. The summed E-state index contributed by atoms with van der Waals surface area (Å²) in [5.41, 5.74) is -0.406. The molecule has 0 heterocycles. The highest BCUT2D eigenvalue weighted by atomic mass is 19.4. The summed E-state index contributed by atoms with van der Waals surface area (Å²) in [7, 11) is 0. The first-order valence-electron chi connectivity index (χ1n) is 11.9. The predicted molar refractivity (Wildman–Crippen MR) is 119 cm³/mol. The van der Waals surface area contributed by atoms with Gasteiger partial charge in [-0.25, -0.2) is 8.78 Å². The Kier molecular flexibility index (Phi) is 8.72. The van der Waals surface area contributed by atoms with Gasteiger partial charge in [-0.1, -0.05) is 76.8 Å². The van der Waals surface area contributed by atoms with Crippen LogP contribution in [0.1, 0.15) is 82.3 Å². The first-order chi connectivity index (χ1) is 15.3. The molecule has 0 spiro atoms. The van der Waals surface area contributed by atoms with Gasteiger partial charge in [-0.3, -0.25) is 0 Å². The first-order valence-corrected chi connectivity index (χ1v) is 11.9. The number of alkyl halides is 3. The molecule has 3 rings (SSSR count). The monoisotopic (exact) mass is 452 g/mol. The van der Waals surface area contributed by atoms with Crippen LogP contribution in [0, 0.1) is 23.5 Å². The van der Waals surface area contributed by atoms with Crippen LogP contribution in [-0.4, -0.2) is 0 Å². The molecule has 0 aromatic heterocycles. The van der Waals surface area contributed by atoms with Crippen molar-refractivity contribution in [2.45, 2.75) is 83.7 Å². The lowest BCUT2D eigenvalue weighted by molar-refractivity contribution is -0.137. The summed E-state index contributed by atoms with van der Waals surface area (Å²) in [6.07, 6.45) is 8.50. The molecule has 0 N–H and O–H groups in total. The third-order valence-corrected chi connectivity index (χ3v) is 6.86. The van der Waals surface area contributed by atoms with Crippen LogP contribution in [-0.2, 0) is 12.6 Å². The van der Waals surface area contributed by atoms with E-state index in [-0.39, 0.29) is 11.1 Å². The molecule has 5 heteroatoms. The van der Waals surface area contributed by atoms with Crippen LogP contribution in [0.25, 0.3) is 11.1 Å². The van der Waals surface area contributed by atoms with Crippen LogP contribution in [0.4, 0.5) is 22.0 Å². The average Bonchev–Trinajstić information content (AvgIpc) is 2.74. The summed E-state index contributed by atoms with van der Waals surface area (Å²) in [6, 6.07) is 6.56. The Labute approximate surface area is 188 Å². The van der Waals surface area contributed by atoms with Crippen LogP contribution in [0.2, 0.25) is 0 Å². The zero-order chi connectivity index (χ0) is 23.1. The van der Waals surface area contributed by atoms with Crippen LogP contribution in [0.5, 0.6) is 0 Å². The highest BCUT2D eigenvalue weighted by molar-refractivity contribution is 5.65. The Morgan fingerprint density at radius 2 is 1.31 bits per heavy atom. The molecule has 2 aromatic carbocycles. The smallest absolute Gasteiger partial charge is 0.206 e. The number of unbranched alkanes of at least 4 members (excludes halogenated alkanes) is 2. The zero-order valence-electron chi connectivity index (χ0n) is 18.8. The van der Waals surface area contributed by atoms with Crippen molar-refractivity contribution >= 4 is 0 Å². The van der Waals surface area contributed by atoms with Gasteiger partial charge in [-0.2, -0.15) is 13.2 Å². The Morgan fingerprint density at radius 1 is 0.781 bits per heavy atom. The summed E-state index contributed by atoms with van der Waals surface area (Å²) in [5.74, 6) is 0.122. The molecular weight excluding hydrogens is 419 g/mol. The molecule has 0 amide bonds. The van der Waals surface area contributed by atoms with E-state index in [1.165, 1.54) is 63.5 Å². The first kappa shape index (κ1) is 24.7. The standard InChI is InChI=1S/C27H33F5/c1-2-3-4-6-19-9-11-20(12-10-19)7-5-8-21-17-24(28)26(25(29)18-21)22-13-15-23(16-14-22)27(30,31)32/h13-20H,2-12H2,1H3. The van der Waals surface area contributed by atoms with Gasteiger partial charge >= 0.3 is 6.18 Å². The molecule has 1 saturated carbocycles. The van der Waals surface area contributed by atoms with E-state index >= 15 is 0 Å². The third-order valence-electron chi connectivity index (χ3n) is 6.86. The number of rotatable bonds is 9. The highest BCUT2D eigenvalue weighted by Crippen LogP contribution is 2.35. The van der Waals surface area contributed by atoms with E-state index in [9.17, 15) is 22.0 Å². The van der Waals surface area contributed by atoms with Gasteiger partial charge < -0.3 is 0 Å². The fourth-order valence-electron chi connectivity index (χ4n) is 4.96. The summed E-state index contributed by atoms with van der Waals surface area (Å²) >= 11 is 0. The van der Waals surface area contributed by atoms with Crippen molar-refractivity contribution in [3.63, 3.8) is 0 Å². The van der Waals surface area contributed by atoms with E-state index in [0.717, 1.165) is 43.0 Å². The van der Waals surface area contributed by atoms with Crippen LogP contribution in [0.3, 0.4) is 0 Å². The van der Waals surface area contributed by atoms with Gasteiger partial charge in [-0.05, 0) is 60.1 Å². The third kappa shape index (κ3) is 6.79. The maximum Gasteiger partial charge on any atom is 0.416 e. The van der Waals surface area contributed by atoms with Crippen molar-refractivity contribution in [2.75, 3.05) is 0 Å². The van der Waals surface area contributed by atoms with Gasteiger partial charge in [-0.15, -0.1) is 0 Å². The SMILES string of the molecule is CCCCCC1CCC(CCCc2cc(F)c(-c3ccc(C(F)(F)F)cc3)c(F)c2)CC1. The number of hydrogen-bond acceptors (Lipinski definition) is 0. The fourth-order valence-corrected chi connectivity index (χ4v) is 4.96. The number of benzene rings is 2. The van der Waals surface area contributed by atoms with Gasteiger partial charge in [0.25, 0.3) is 0 Å². The van der Waals surface area contributed by atoms with Gasteiger partial charge in [0, 0.05) is 0 Å². The van der Waals surface area contributed by atoms with Crippen molar-refractivity contribution in [1.29, 1.82) is 0 Å². The quantitative estimate of drug-likeness (QED) is 0.263. The number of aryl methyl sites for hydroxylation is 1. The molecule has 0 unspecified atom stereocenters. The lowest BCUT2D eigenvalue weighted by Crippen LogP contribution is -2.14. The van der Waals surface area contributed by atoms with Crippen LogP contribution >= 0.6 is 0 Å². The van der Waals surface area contributed by atoms with Crippen LogP contribution in [0.15, 0.2) is 36.4 Å². The lowest BCUT2D eigenvalue weighted by Gasteiger charge is -2.28. The average molecular weight is 453 g/mol. The van der Waals surface area contributed by atoms with Crippen molar-refractivity contribution in [3.8, 4) is 11.1 Å². The van der Waals surface area contributed by atoms with Crippen molar-refractivity contribution in [1.82, 2.24) is 0 Å². The van der Waals surface area contributed by atoms with Crippen molar-refractivity contribution in [3.05, 3.63) is 59.2 Å². The molecule has 0 saturated heterocycles. The Balaban J connectivity index is 1.51.